The van der Waals surface area contributed by atoms with Gasteiger partial charge in [-0.1, -0.05) is 0 Å². The Hall–Kier alpha value is -4.40. The van der Waals surface area contributed by atoms with Gasteiger partial charge in [-0.05, 0) is 65.7 Å². The summed E-state index contributed by atoms with van der Waals surface area (Å²) in [6.45, 7) is 9.58. The molecule has 3 aromatic rings. The molecule has 230 valence electrons. The van der Waals surface area contributed by atoms with Crippen molar-refractivity contribution in [3.63, 3.8) is 0 Å². The second-order valence-corrected chi connectivity index (χ2v) is 12.9. The number of carbonyl (C=O) groups excluding carboxylic acids is 2. The van der Waals surface area contributed by atoms with E-state index in [0.717, 1.165) is 0 Å². The van der Waals surface area contributed by atoms with Crippen molar-refractivity contribution in [2.24, 2.45) is 0 Å². The maximum atomic E-state index is 14.0. The highest BCUT2D eigenvalue weighted by atomic mass is 32.2. The predicted octanol–water partition coefficient (Wildman–Crippen LogP) is 3.40. The van der Waals surface area contributed by atoms with Crippen LogP contribution in [-0.4, -0.2) is 81.3 Å². The highest BCUT2D eigenvalue weighted by molar-refractivity contribution is 7.92. The highest BCUT2D eigenvalue weighted by Crippen LogP contribution is 2.37. The minimum Gasteiger partial charge on any atom is -0.477 e. The topological polar surface area (TPSA) is 178 Å². The van der Waals surface area contributed by atoms with E-state index in [9.17, 15) is 18.0 Å². The van der Waals surface area contributed by atoms with E-state index in [1.54, 1.807) is 56.3 Å². The van der Waals surface area contributed by atoms with Gasteiger partial charge in [0, 0.05) is 31.0 Å². The molecule has 0 bridgehead atoms. The number of piperidine rings is 1. The number of sulfonamides is 1. The van der Waals surface area contributed by atoms with E-state index in [1.807, 2.05) is 6.92 Å². The number of anilines is 2. The van der Waals surface area contributed by atoms with Crippen LogP contribution in [0.25, 0.3) is 11.3 Å². The molecule has 1 aliphatic heterocycles. The monoisotopic (exact) mass is 612 g/mol. The molecule has 0 atom stereocenters. The molecule has 2 amide bonds. The van der Waals surface area contributed by atoms with Crippen LogP contribution >= 0.6 is 0 Å². The van der Waals surface area contributed by atoms with E-state index in [1.165, 1.54) is 19.3 Å². The molecule has 0 radical (unpaired) electrons. The first-order valence-electron chi connectivity index (χ1n) is 13.9. The Morgan fingerprint density at radius 1 is 1.02 bits per heavy atom. The molecule has 0 spiro atoms. The first kappa shape index (κ1) is 31.5. The molecule has 2 N–H and O–H groups in total. The summed E-state index contributed by atoms with van der Waals surface area (Å²) in [6, 6.07) is 4.97. The summed E-state index contributed by atoms with van der Waals surface area (Å²) in [5.74, 6) is -0.0305. The summed E-state index contributed by atoms with van der Waals surface area (Å²) in [7, 11) is -3.65. The molecule has 43 heavy (non-hydrogen) atoms. The van der Waals surface area contributed by atoms with Crippen molar-refractivity contribution in [1.29, 1.82) is 0 Å². The quantitative estimate of drug-likeness (QED) is 0.362. The molecule has 1 fully saturated rings. The molecule has 14 nitrogen and oxygen atoms in total. The van der Waals surface area contributed by atoms with Crippen LogP contribution in [0.15, 0.2) is 43.0 Å². The molecule has 0 saturated carbocycles. The second kappa shape index (κ2) is 12.9. The first-order valence-corrected chi connectivity index (χ1v) is 15.5. The van der Waals surface area contributed by atoms with Gasteiger partial charge >= 0.3 is 6.09 Å². The highest BCUT2D eigenvalue weighted by Gasteiger charge is 2.46. The number of pyridine rings is 1. The number of hydrogen-bond acceptors (Lipinski definition) is 11. The largest absolute Gasteiger partial charge is 0.477 e. The fourth-order valence-corrected chi connectivity index (χ4v) is 4.96. The van der Waals surface area contributed by atoms with Gasteiger partial charge < -0.3 is 19.7 Å². The minimum atomic E-state index is -3.65. The van der Waals surface area contributed by atoms with Crippen LogP contribution in [0.5, 0.6) is 5.88 Å². The number of nitrogens with zero attached hydrogens (tertiary/aromatic N) is 6. The van der Waals surface area contributed by atoms with Gasteiger partial charge in [0.1, 0.15) is 11.4 Å². The van der Waals surface area contributed by atoms with E-state index >= 15 is 0 Å². The van der Waals surface area contributed by atoms with Crippen molar-refractivity contribution in [2.75, 3.05) is 35.5 Å². The zero-order valence-electron chi connectivity index (χ0n) is 24.8. The lowest BCUT2D eigenvalue weighted by Gasteiger charge is -2.40. The summed E-state index contributed by atoms with van der Waals surface area (Å²) < 4.78 is 37.6. The summed E-state index contributed by atoms with van der Waals surface area (Å²) in [5.41, 5.74) is -0.334. The average Bonchev–Trinajstić information content (AvgIpc) is 2.97. The second-order valence-electron chi connectivity index (χ2n) is 10.9. The van der Waals surface area contributed by atoms with Crippen LogP contribution in [0.3, 0.4) is 0 Å². The molecular formula is C28H36N8O6S. The fraction of sp³-hybridized carbons (Fsp3) is 0.464. The van der Waals surface area contributed by atoms with Gasteiger partial charge in [-0.25, -0.2) is 33.1 Å². The predicted molar refractivity (Wildman–Crippen MR) is 159 cm³/mol. The lowest BCUT2D eigenvalue weighted by Crippen LogP contribution is -2.52. The lowest BCUT2D eigenvalue weighted by molar-refractivity contribution is -0.123. The van der Waals surface area contributed by atoms with Crippen molar-refractivity contribution in [2.45, 2.75) is 58.5 Å². The van der Waals surface area contributed by atoms with Gasteiger partial charge in [0.25, 0.3) is 0 Å². The van der Waals surface area contributed by atoms with Crippen LogP contribution in [0, 0.1) is 0 Å². The van der Waals surface area contributed by atoms with Crippen LogP contribution in [0.2, 0.25) is 0 Å². The molecule has 0 aromatic carbocycles. The van der Waals surface area contributed by atoms with Gasteiger partial charge in [-0.15, -0.1) is 0 Å². The van der Waals surface area contributed by atoms with Gasteiger partial charge in [0.15, 0.2) is 0 Å². The average molecular weight is 613 g/mol. The Labute approximate surface area is 250 Å². The van der Waals surface area contributed by atoms with Crippen molar-refractivity contribution >= 4 is 33.8 Å². The van der Waals surface area contributed by atoms with E-state index in [4.69, 9.17) is 9.47 Å². The van der Waals surface area contributed by atoms with Gasteiger partial charge in [-0.2, -0.15) is 0 Å². The molecule has 15 heteroatoms. The van der Waals surface area contributed by atoms with Crippen LogP contribution in [-0.2, 0) is 25.0 Å². The molecule has 4 heterocycles. The summed E-state index contributed by atoms with van der Waals surface area (Å²) >= 11 is 0. The number of carbonyl (C=O) groups is 2. The zero-order chi connectivity index (χ0) is 31.3. The molecule has 0 aliphatic carbocycles. The first-order chi connectivity index (χ1) is 20.3. The Morgan fingerprint density at radius 2 is 1.77 bits per heavy atom. The number of likely N-dealkylation sites (tertiary alicyclic amines) is 1. The zero-order valence-corrected chi connectivity index (χ0v) is 25.6. The normalized spacial score (nSPS) is 15.0. The van der Waals surface area contributed by atoms with Crippen molar-refractivity contribution in [3.8, 4) is 17.1 Å². The van der Waals surface area contributed by atoms with E-state index in [2.05, 4.69) is 35.0 Å². The van der Waals surface area contributed by atoms with Crippen molar-refractivity contribution in [1.82, 2.24) is 29.8 Å². The van der Waals surface area contributed by atoms with Crippen LogP contribution < -0.4 is 14.8 Å². The number of hydrogen-bond donors (Lipinski definition) is 2. The standard InChI is InChI=1S/C28H36N8O6S/c1-6-41-23-18-29-17-20(32-23)19-8-9-22(31-16-19)34-24(37)28(11-14-36(15-12-28)26(38)42-27(3,4)5)21-10-13-30-25(33-21)35-43(39,40)7-2/h8-10,13,16-18H,6-7,11-12,14-15H2,1-5H3,(H,30,33,35)(H,31,34,37). The maximum absolute atomic E-state index is 14.0. The number of nitrogens with one attached hydrogen (secondary N) is 2. The third kappa shape index (κ3) is 7.91. The van der Waals surface area contributed by atoms with Crippen molar-refractivity contribution < 1.29 is 27.5 Å². The Morgan fingerprint density at radius 3 is 2.40 bits per heavy atom. The number of ether oxygens (including phenoxy) is 2. The SMILES string of the molecule is CCOc1cncc(-c2ccc(NC(=O)C3(c4ccnc(NS(=O)(=O)CC)n4)CCN(C(=O)OC(C)(C)C)CC3)nc2)n1. The lowest BCUT2D eigenvalue weighted by atomic mass is 9.74. The van der Waals surface area contributed by atoms with Gasteiger partial charge in [0.2, 0.25) is 27.8 Å². The number of amides is 2. The van der Waals surface area contributed by atoms with E-state index < -0.39 is 33.0 Å². The third-order valence-electron chi connectivity index (χ3n) is 6.68. The van der Waals surface area contributed by atoms with E-state index in [-0.39, 0.29) is 43.5 Å². The Bertz CT molecular complexity index is 1550. The Balaban J connectivity index is 1.60. The summed E-state index contributed by atoms with van der Waals surface area (Å²) in [5, 5.41) is 2.88. The number of aromatic nitrogens is 5. The van der Waals surface area contributed by atoms with Crippen molar-refractivity contribution in [3.05, 3.63) is 48.7 Å². The molecule has 3 aromatic heterocycles. The fourth-order valence-electron chi connectivity index (χ4n) is 4.44. The number of rotatable bonds is 9. The minimum absolute atomic E-state index is 0.140. The molecule has 4 rings (SSSR count). The summed E-state index contributed by atoms with van der Waals surface area (Å²) in [6.07, 6.45) is 6.00. The maximum Gasteiger partial charge on any atom is 0.410 e. The van der Waals surface area contributed by atoms with Gasteiger partial charge in [0.05, 0.1) is 41.6 Å². The molecule has 0 unspecified atom stereocenters. The molecule has 1 saturated heterocycles. The van der Waals surface area contributed by atoms with Gasteiger partial charge in [-0.3, -0.25) is 14.5 Å². The smallest absolute Gasteiger partial charge is 0.410 e. The van der Waals surface area contributed by atoms with E-state index in [0.29, 0.717) is 29.4 Å². The van der Waals surface area contributed by atoms with Crippen LogP contribution in [0.1, 0.15) is 53.2 Å². The third-order valence-corrected chi connectivity index (χ3v) is 7.94. The molecule has 1 aliphatic rings. The molecular weight excluding hydrogens is 576 g/mol. The Kier molecular flexibility index (Phi) is 9.43. The van der Waals surface area contributed by atoms with Crippen LogP contribution in [0.4, 0.5) is 16.6 Å². The summed E-state index contributed by atoms with van der Waals surface area (Å²) in [4.78, 5) is 49.7.